The number of alkyl halides is 1. The maximum absolute atomic E-state index is 11.1. The Kier molecular flexibility index (Phi) is 2.46. The maximum Gasteiger partial charge on any atom is 0.306 e. The van der Waals surface area contributed by atoms with Gasteiger partial charge in [-0.1, -0.05) is 30.3 Å². The smallest absolute Gasteiger partial charge is 0.306 e. The molecular weight excluding hydrogens is 200 g/mol. The average Bonchev–Trinajstić information content (AvgIpc) is 2.63. The van der Waals surface area contributed by atoms with E-state index in [0.29, 0.717) is 18.7 Å². The first-order chi connectivity index (χ1) is 6.77. The molecule has 0 saturated carbocycles. The second-order valence-corrected chi connectivity index (χ2v) is 3.74. The summed E-state index contributed by atoms with van der Waals surface area (Å²) in [6.07, 6.45) is 1.14. The Morgan fingerprint density at radius 1 is 1.36 bits per heavy atom. The highest BCUT2D eigenvalue weighted by Crippen LogP contribution is 2.37. The van der Waals surface area contributed by atoms with E-state index >= 15 is 0 Å². The van der Waals surface area contributed by atoms with E-state index in [4.69, 9.17) is 16.3 Å². The fourth-order valence-corrected chi connectivity index (χ4v) is 2.08. The molecule has 2 rings (SSSR count). The van der Waals surface area contributed by atoms with E-state index in [9.17, 15) is 4.79 Å². The topological polar surface area (TPSA) is 26.3 Å². The number of carbonyl (C=O) groups excluding carboxylic acids is 1. The zero-order chi connectivity index (χ0) is 10.0. The molecular formula is C11H11ClO2. The van der Waals surface area contributed by atoms with Crippen LogP contribution in [0, 0.1) is 0 Å². The first-order valence-corrected chi connectivity index (χ1v) is 5.14. The Morgan fingerprint density at radius 3 is 2.57 bits per heavy atom. The van der Waals surface area contributed by atoms with Crippen molar-refractivity contribution in [3.8, 4) is 0 Å². The molecule has 2 nitrogen and oxygen atoms in total. The van der Waals surface area contributed by atoms with Crippen molar-refractivity contribution < 1.29 is 9.53 Å². The monoisotopic (exact) mass is 210 g/mol. The second kappa shape index (κ2) is 3.62. The molecule has 1 fully saturated rings. The van der Waals surface area contributed by atoms with Gasteiger partial charge in [0.2, 0.25) is 0 Å². The first-order valence-electron chi connectivity index (χ1n) is 4.60. The molecule has 3 heteroatoms. The quantitative estimate of drug-likeness (QED) is 0.554. The van der Waals surface area contributed by atoms with E-state index in [2.05, 4.69) is 0 Å². The second-order valence-electron chi connectivity index (χ2n) is 3.47. The zero-order valence-corrected chi connectivity index (χ0v) is 8.46. The number of benzene rings is 1. The lowest BCUT2D eigenvalue weighted by atomic mass is 9.93. The molecule has 1 aromatic carbocycles. The maximum atomic E-state index is 11.1. The molecule has 0 aromatic heterocycles. The van der Waals surface area contributed by atoms with Crippen molar-refractivity contribution >= 4 is 17.6 Å². The molecule has 74 valence electrons. The summed E-state index contributed by atoms with van der Waals surface area (Å²) in [5.41, 5.74) is 0.403. The van der Waals surface area contributed by atoms with Crippen LogP contribution in [0.5, 0.6) is 0 Å². The average molecular weight is 211 g/mol. The molecule has 1 aliphatic rings. The van der Waals surface area contributed by atoms with Crippen LogP contribution in [0.15, 0.2) is 30.3 Å². The molecule has 0 N–H and O–H groups in total. The third-order valence-corrected chi connectivity index (χ3v) is 2.99. The first kappa shape index (κ1) is 9.53. The van der Waals surface area contributed by atoms with Gasteiger partial charge in [-0.05, 0) is 5.56 Å². The van der Waals surface area contributed by atoms with E-state index < -0.39 is 5.60 Å². The van der Waals surface area contributed by atoms with Gasteiger partial charge >= 0.3 is 5.97 Å². The molecule has 1 atom stereocenters. The summed E-state index contributed by atoms with van der Waals surface area (Å²) in [5.74, 6) is 0.164. The highest BCUT2D eigenvalue weighted by molar-refractivity contribution is 6.18. The van der Waals surface area contributed by atoms with Crippen molar-refractivity contribution in [1.82, 2.24) is 0 Å². The molecule has 1 saturated heterocycles. The Morgan fingerprint density at radius 2 is 2.07 bits per heavy atom. The van der Waals surface area contributed by atoms with Crippen LogP contribution in [0.2, 0.25) is 0 Å². The number of carbonyl (C=O) groups is 1. The van der Waals surface area contributed by atoms with Crippen LogP contribution in [-0.2, 0) is 15.1 Å². The van der Waals surface area contributed by atoms with Gasteiger partial charge in [0.05, 0.1) is 5.88 Å². The largest absolute Gasteiger partial charge is 0.453 e. The fraction of sp³-hybridized carbons (Fsp3) is 0.364. The van der Waals surface area contributed by atoms with E-state index in [1.165, 1.54) is 0 Å². The van der Waals surface area contributed by atoms with Crippen LogP contribution < -0.4 is 0 Å². The van der Waals surface area contributed by atoms with Crippen LogP contribution in [0.1, 0.15) is 18.4 Å². The van der Waals surface area contributed by atoms with Crippen LogP contribution in [0.4, 0.5) is 0 Å². The summed E-state index contributed by atoms with van der Waals surface area (Å²) >= 11 is 5.89. The van der Waals surface area contributed by atoms with Gasteiger partial charge in [0.15, 0.2) is 5.60 Å². The van der Waals surface area contributed by atoms with Crippen molar-refractivity contribution in [3.63, 3.8) is 0 Å². The Balaban J connectivity index is 2.34. The summed E-state index contributed by atoms with van der Waals surface area (Å²) in [4.78, 5) is 11.1. The molecule has 0 radical (unpaired) electrons. The van der Waals surface area contributed by atoms with Crippen LogP contribution in [-0.4, -0.2) is 11.8 Å². The van der Waals surface area contributed by atoms with Gasteiger partial charge in [0, 0.05) is 12.8 Å². The van der Waals surface area contributed by atoms with Gasteiger partial charge in [0.1, 0.15) is 0 Å². The third-order valence-electron chi connectivity index (χ3n) is 2.56. The number of esters is 1. The Bertz CT molecular complexity index is 336. The van der Waals surface area contributed by atoms with Crippen molar-refractivity contribution in [1.29, 1.82) is 0 Å². The van der Waals surface area contributed by atoms with Crippen molar-refractivity contribution in [3.05, 3.63) is 35.9 Å². The van der Waals surface area contributed by atoms with Crippen LogP contribution >= 0.6 is 11.6 Å². The van der Waals surface area contributed by atoms with Gasteiger partial charge in [-0.3, -0.25) is 4.79 Å². The summed E-state index contributed by atoms with van der Waals surface area (Å²) in [6.45, 7) is 0. The standard InChI is InChI=1S/C11H11ClO2/c12-8-11(7-6-10(13)14-11)9-4-2-1-3-5-9/h1-5H,6-8H2. The molecule has 1 heterocycles. The molecule has 1 aromatic rings. The number of halogens is 1. The summed E-state index contributed by atoms with van der Waals surface area (Å²) < 4.78 is 5.31. The number of cyclic esters (lactones) is 1. The third kappa shape index (κ3) is 1.50. The van der Waals surface area contributed by atoms with E-state index in [0.717, 1.165) is 5.56 Å². The highest BCUT2D eigenvalue weighted by Gasteiger charge is 2.41. The van der Waals surface area contributed by atoms with E-state index in [-0.39, 0.29) is 5.97 Å². The van der Waals surface area contributed by atoms with Crippen molar-refractivity contribution in [2.24, 2.45) is 0 Å². The van der Waals surface area contributed by atoms with E-state index in [1.807, 2.05) is 30.3 Å². The van der Waals surface area contributed by atoms with Gasteiger partial charge in [-0.25, -0.2) is 0 Å². The van der Waals surface area contributed by atoms with Crippen LogP contribution in [0.25, 0.3) is 0 Å². The predicted molar refractivity (Wildman–Crippen MR) is 54.2 cm³/mol. The normalized spacial score (nSPS) is 26.2. The minimum absolute atomic E-state index is 0.158. The van der Waals surface area contributed by atoms with Crippen LogP contribution in [0.3, 0.4) is 0 Å². The summed E-state index contributed by atoms with van der Waals surface area (Å²) in [6, 6.07) is 9.68. The summed E-state index contributed by atoms with van der Waals surface area (Å²) in [7, 11) is 0. The number of hydrogen-bond donors (Lipinski definition) is 0. The summed E-state index contributed by atoms with van der Waals surface area (Å²) in [5, 5.41) is 0. The number of hydrogen-bond acceptors (Lipinski definition) is 2. The molecule has 0 spiro atoms. The number of rotatable bonds is 2. The molecule has 1 unspecified atom stereocenters. The fourth-order valence-electron chi connectivity index (χ4n) is 1.74. The lowest BCUT2D eigenvalue weighted by Gasteiger charge is -2.25. The predicted octanol–water partition coefficient (Wildman–Crippen LogP) is 2.46. The minimum atomic E-state index is -0.583. The molecule has 0 amide bonds. The lowest BCUT2D eigenvalue weighted by Crippen LogP contribution is -2.27. The highest BCUT2D eigenvalue weighted by atomic mass is 35.5. The van der Waals surface area contributed by atoms with Gasteiger partial charge in [0.25, 0.3) is 0 Å². The molecule has 1 aliphatic heterocycles. The van der Waals surface area contributed by atoms with Gasteiger partial charge in [-0.2, -0.15) is 0 Å². The van der Waals surface area contributed by atoms with Crippen molar-refractivity contribution in [2.75, 3.05) is 5.88 Å². The molecule has 14 heavy (non-hydrogen) atoms. The Labute approximate surface area is 87.8 Å². The van der Waals surface area contributed by atoms with Gasteiger partial charge in [-0.15, -0.1) is 11.6 Å². The SMILES string of the molecule is O=C1CCC(CCl)(c2ccccc2)O1. The number of ether oxygens (including phenoxy) is 1. The Hall–Kier alpha value is -1.02. The zero-order valence-electron chi connectivity index (χ0n) is 7.70. The minimum Gasteiger partial charge on any atom is -0.453 e. The lowest BCUT2D eigenvalue weighted by molar-refractivity contribution is -0.147. The van der Waals surface area contributed by atoms with Gasteiger partial charge < -0.3 is 4.74 Å². The van der Waals surface area contributed by atoms with E-state index in [1.54, 1.807) is 0 Å². The molecule has 0 aliphatic carbocycles. The molecule has 0 bridgehead atoms. The van der Waals surface area contributed by atoms with Crippen molar-refractivity contribution in [2.45, 2.75) is 18.4 Å².